The van der Waals surface area contributed by atoms with E-state index in [-0.39, 0.29) is 11.7 Å². The molecule has 2 aromatic carbocycles. The standard InChI is InChI=1S/C24H20FN3O3/c1-15-21(10-17-7-8-18(25)11-22(17)28-15)24(29)27-14-16-6-9-23(26-13-16)31-20-5-3-4-19(12-20)30-2/h3-13H,14H2,1-2H3,(H,27,29). The van der Waals surface area contributed by atoms with Crippen LogP contribution in [0.1, 0.15) is 21.6 Å². The molecule has 4 rings (SSSR count). The highest BCUT2D eigenvalue weighted by atomic mass is 19.1. The highest BCUT2D eigenvalue weighted by Crippen LogP contribution is 2.24. The highest BCUT2D eigenvalue weighted by Gasteiger charge is 2.12. The maximum atomic E-state index is 13.4. The number of aromatic nitrogens is 2. The van der Waals surface area contributed by atoms with E-state index in [1.165, 1.54) is 12.1 Å². The number of fused-ring (bicyclic) bond motifs is 1. The zero-order valence-corrected chi connectivity index (χ0v) is 17.1. The third-order valence-corrected chi connectivity index (χ3v) is 4.73. The molecule has 156 valence electrons. The summed E-state index contributed by atoms with van der Waals surface area (Å²) in [4.78, 5) is 21.3. The SMILES string of the molecule is COc1cccc(Oc2ccc(CNC(=O)c3cc4ccc(F)cc4nc3C)cn2)c1. The Morgan fingerprint density at radius 3 is 2.68 bits per heavy atom. The fourth-order valence-corrected chi connectivity index (χ4v) is 3.11. The predicted molar refractivity (Wildman–Crippen MR) is 115 cm³/mol. The van der Waals surface area contributed by atoms with E-state index >= 15 is 0 Å². The van der Waals surface area contributed by atoms with Crippen LogP contribution in [0.25, 0.3) is 10.9 Å². The summed E-state index contributed by atoms with van der Waals surface area (Å²) in [5, 5.41) is 3.57. The van der Waals surface area contributed by atoms with E-state index in [1.54, 1.807) is 44.5 Å². The molecule has 0 bridgehead atoms. The summed E-state index contributed by atoms with van der Waals surface area (Å²) in [5.41, 5.74) is 2.32. The molecular formula is C24H20FN3O3. The number of ether oxygens (including phenoxy) is 2. The molecule has 0 spiro atoms. The summed E-state index contributed by atoms with van der Waals surface area (Å²) < 4.78 is 24.3. The molecule has 0 aliphatic carbocycles. The van der Waals surface area contributed by atoms with Crippen molar-refractivity contribution >= 4 is 16.8 Å². The smallest absolute Gasteiger partial charge is 0.253 e. The lowest BCUT2D eigenvalue weighted by atomic mass is 10.1. The Kier molecular flexibility index (Phi) is 5.75. The van der Waals surface area contributed by atoms with Crippen molar-refractivity contribution in [3.05, 3.63) is 89.5 Å². The zero-order chi connectivity index (χ0) is 21.8. The lowest BCUT2D eigenvalue weighted by molar-refractivity contribution is 0.0950. The fourth-order valence-electron chi connectivity index (χ4n) is 3.11. The van der Waals surface area contributed by atoms with Gasteiger partial charge in [-0.3, -0.25) is 9.78 Å². The van der Waals surface area contributed by atoms with E-state index in [0.717, 1.165) is 5.56 Å². The Labute approximate surface area is 178 Å². The molecule has 0 radical (unpaired) electrons. The average Bonchev–Trinajstić information content (AvgIpc) is 2.78. The topological polar surface area (TPSA) is 73.3 Å². The largest absolute Gasteiger partial charge is 0.497 e. The maximum Gasteiger partial charge on any atom is 0.253 e. The van der Waals surface area contributed by atoms with Gasteiger partial charge in [-0.15, -0.1) is 0 Å². The second-order valence-electron chi connectivity index (χ2n) is 6.93. The minimum atomic E-state index is -0.358. The third-order valence-electron chi connectivity index (χ3n) is 4.73. The molecule has 0 fully saturated rings. The van der Waals surface area contributed by atoms with Crippen LogP contribution in [-0.2, 0) is 6.54 Å². The third kappa shape index (κ3) is 4.78. The molecule has 0 aliphatic heterocycles. The molecule has 0 saturated carbocycles. The zero-order valence-electron chi connectivity index (χ0n) is 17.1. The van der Waals surface area contributed by atoms with Crippen molar-refractivity contribution in [2.45, 2.75) is 13.5 Å². The maximum absolute atomic E-state index is 13.4. The Morgan fingerprint density at radius 2 is 1.90 bits per heavy atom. The van der Waals surface area contributed by atoms with Gasteiger partial charge < -0.3 is 14.8 Å². The summed E-state index contributed by atoms with van der Waals surface area (Å²) in [7, 11) is 1.59. The van der Waals surface area contributed by atoms with Gasteiger partial charge in [-0.1, -0.05) is 12.1 Å². The highest BCUT2D eigenvalue weighted by molar-refractivity contribution is 5.98. The van der Waals surface area contributed by atoms with Crippen molar-refractivity contribution in [3.8, 4) is 17.4 Å². The number of hydrogen-bond donors (Lipinski definition) is 1. The molecular weight excluding hydrogens is 397 g/mol. The number of amides is 1. The minimum Gasteiger partial charge on any atom is -0.497 e. The van der Waals surface area contributed by atoms with Crippen LogP contribution in [-0.4, -0.2) is 23.0 Å². The van der Waals surface area contributed by atoms with Crippen molar-refractivity contribution < 1.29 is 18.7 Å². The Balaban J connectivity index is 1.41. The molecule has 31 heavy (non-hydrogen) atoms. The van der Waals surface area contributed by atoms with Crippen LogP contribution in [0.2, 0.25) is 0 Å². The van der Waals surface area contributed by atoms with E-state index in [2.05, 4.69) is 15.3 Å². The number of rotatable bonds is 6. The van der Waals surface area contributed by atoms with Crippen molar-refractivity contribution in [3.63, 3.8) is 0 Å². The van der Waals surface area contributed by atoms with Gasteiger partial charge in [-0.05, 0) is 42.8 Å². The van der Waals surface area contributed by atoms with E-state index in [1.807, 2.05) is 24.3 Å². The molecule has 4 aromatic rings. The normalized spacial score (nSPS) is 10.7. The van der Waals surface area contributed by atoms with Crippen LogP contribution in [0.3, 0.4) is 0 Å². The molecule has 2 aromatic heterocycles. The number of hydrogen-bond acceptors (Lipinski definition) is 5. The van der Waals surface area contributed by atoms with Crippen LogP contribution in [0.4, 0.5) is 4.39 Å². The van der Waals surface area contributed by atoms with Gasteiger partial charge in [0.25, 0.3) is 5.91 Å². The summed E-state index contributed by atoms with van der Waals surface area (Å²) in [6.07, 6.45) is 1.64. The lowest BCUT2D eigenvalue weighted by Gasteiger charge is -2.10. The summed E-state index contributed by atoms with van der Waals surface area (Å²) in [5.74, 6) is 1.13. The van der Waals surface area contributed by atoms with Crippen LogP contribution >= 0.6 is 0 Å². The average molecular weight is 417 g/mol. The van der Waals surface area contributed by atoms with Crippen LogP contribution in [0.5, 0.6) is 17.4 Å². The number of pyridine rings is 2. The monoisotopic (exact) mass is 417 g/mol. The van der Waals surface area contributed by atoms with E-state index in [9.17, 15) is 9.18 Å². The van der Waals surface area contributed by atoms with Gasteiger partial charge in [0.1, 0.15) is 17.3 Å². The quantitative estimate of drug-likeness (QED) is 0.487. The molecule has 2 heterocycles. The van der Waals surface area contributed by atoms with Crippen molar-refractivity contribution in [1.29, 1.82) is 0 Å². The number of halogens is 1. The van der Waals surface area contributed by atoms with Gasteiger partial charge in [0.2, 0.25) is 5.88 Å². The molecule has 1 N–H and O–H groups in total. The van der Waals surface area contributed by atoms with E-state index in [0.29, 0.717) is 46.1 Å². The van der Waals surface area contributed by atoms with E-state index < -0.39 is 0 Å². The van der Waals surface area contributed by atoms with Gasteiger partial charge in [0, 0.05) is 36.3 Å². The number of benzene rings is 2. The van der Waals surface area contributed by atoms with Crippen molar-refractivity contribution in [2.24, 2.45) is 0 Å². The van der Waals surface area contributed by atoms with Gasteiger partial charge in [-0.25, -0.2) is 9.37 Å². The van der Waals surface area contributed by atoms with Crippen LogP contribution in [0, 0.1) is 12.7 Å². The second-order valence-corrected chi connectivity index (χ2v) is 6.93. The van der Waals surface area contributed by atoms with E-state index in [4.69, 9.17) is 9.47 Å². The first-order chi connectivity index (χ1) is 15.0. The first kappa shape index (κ1) is 20.3. The number of carbonyl (C=O) groups excluding carboxylic acids is 1. The number of carbonyl (C=O) groups is 1. The summed E-state index contributed by atoms with van der Waals surface area (Å²) >= 11 is 0. The first-order valence-electron chi connectivity index (χ1n) is 9.64. The van der Waals surface area contributed by atoms with Gasteiger partial charge in [0.15, 0.2) is 0 Å². The van der Waals surface area contributed by atoms with Crippen LogP contribution in [0.15, 0.2) is 66.9 Å². The molecule has 7 heteroatoms. The molecule has 0 aliphatic rings. The first-order valence-corrected chi connectivity index (χ1v) is 9.64. The van der Waals surface area contributed by atoms with Gasteiger partial charge >= 0.3 is 0 Å². The second kappa shape index (κ2) is 8.79. The fraction of sp³-hybridized carbons (Fsp3) is 0.125. The number of nitrogens with one attached hydrogen (secondary N) is 1. The number of aryl methyl sites for hydroxylation is 1. The minimum absolute atomic E-state index is 0.257. The van der Waals surface area contributed by atoms with Crippen molar-refractivity contribution in [1.82, 2.24) is 15.3 Å². The molecule has 6 nitrogen and oxygen atoms in total. The Hall–Kier alpha value is -4.00. The molecule has 1 amide bonds. The van der Waals surface area contributed by atoms with Crippen LogP contribution < -0.4 is 14.8 Å². The van der Waals surface area contributed by atoms with Gasteiger partial charge in [0.05, 0.1) is 23.9 Å². The molecule has 0 saturated heterocycles. The van der Waals surface area contributed by atoms with Gasteiger partial charge in [-0.2, -0.15) is 0 Å². The molecule has 0 unspecified atom stereocenters. The van der Waals surface area contributed by atoms with Crippen molar-refractivity contribution in [2.75, 3.05) is 7.11 Å². The number of nitrogens with zero attached hydrogens (tertiary/aromatic N) is 2. The Bertz CT molecular complexity index is 1240. The molecule has 0 atom stereocenters. The number of methoxy groups -OCH3 is 1. The predicted octanol–water partition coefficient (Wildman–Crippen LogP) is 4.81. The summed E-state index contributed by atoms with van der Waals surface area (Å²) in [6.45, 7) is 2.03. The lowest BCUT2D eigenvalue weighted by Crippen LogP contribution is -2.24. The Morgan fingerprint density at radius 1 is 1.06 bits per heavy atom. The summed E-state index contributed by atoms with van der Waals surface area (Å²) in [6, 6.07) is 16.8.